The minimum Gasteiger partial charge on any atom is -0.352 e. The van der Waals surface area contributed by atoms with Gasteiger partial charge in [0.1, 0.15) is 0 Å². The maximum absolute atomic E-state index is 12.4. The van der Waals surface area contributed by atoms with Gasteiger partial charge in [-0.25, -0.2) is 0 Å². The molecule has 0 unspecified atom stereocenters. The fourth-order valence-electron chi connectivity index (χ4n) is 3.73. The van der Waals surface area contributed by atoms with Gasteiger partial charge in [0.15, 0.2) is 0 Å². The van der Waals surface area contributed by atoms with Crippen LogP contribution in [0, 0.1) is 19.0 Å². The number of nitrogens with one attached hydrogen (secondary N) is 2. The predicted molar refractivity (Wildman–Crippen MR) is 128 cm³/mol. The lowest BCUT2D eigenvalue weighted by Gasteiger charge is -2.29. The highest BCUT2D eigenvalue weighted by molar-refractivity contribution is 14.1. The molecule has 1 fully saturated rings. The van der Waals surface area contributed by atoms with Gasteiger partial charge in [-0.15, -0.1) is 0 Å². The molecule has 1 aliphatic carbocycles. The van der Waals surface area contributed by atoms with E-state index in [9.17, 15) is 9.59 Å². The third-order valence-electron chi connectivity index (χ3n) is 5.23. The molecule has 2 N–H and O–H groups in total. The summed E-state index contributed by atoms with van der Waals surface area (Å²) in [6, 6.07) is 15.3. The van der Waals surface area contributed by atoms with Crippen molar-refractivity contribution in [2.75, 3.05) is 13.1 Å². The van der Waals surface area contributed by atoms with E-state index in [2.05, 4.69) is 55.8 Å². The molecule has 0 aromatic heterocycles. The Balaban J connectivity index is 1.46. The molecule has 0 radical (unpaired) electrons. The van der Waals surface area contributed by atoms with Gasteiger partial charge in [-0.05, 0) is 101 Å². The topological polar surface area (TPSA) is 58.2 Å². The van der Waals surface area contributed by atoms with Crippen LogP contribution in [0.5, 0.6) is 0 Å². The summed E-state index contributed by atoms with van der Waals surface area (Å²) in [7, 11) is 0. The monoisotopic (exact) mass is 602 g/mol. The van der Waals surface area contributed by atoms with E-state index >= 15 is 0 Å². The summed E-state index contributed by atoms with van der Waals surface area (Å²) in [6.45, 7) is 1.40. The van der Waals surface area contributed by atoms with Crippen molar-refractivity contribution in [3.63, 3.8) is 0 Å². The number of carbonyl (C=O) groups is 2. The average Bonchev–Trinajstić information content (AvgIpc) is 2.71. The Labute approximate surface area is 193 Å². The standard InChI is InChI=1S/C22H24I2N2O2/c23-19-10-3-1-8-17(19)21(27)25-13-15-6-5-7-16(12-15)14-26-22(28)18-9-2-4-11-20(18)24/h1-4,8-11,15-16H,5-7,12-14H2,(H,25,27)(H,26,28)/t15-,16+. The normalized spacial score (nSPS) is 19.1. The molecule has 6 heteroatoms. The molecule has 148 valence electrons. The summed E-state index contributed by atoms with van der Waals surface area (Å²) in [6.07, 6.45) is 4.45. The molecule has 3 rings (SSSR count). The first-order chi connectivity index (χ1) is 13.5. The van der Waals surface area contributed by atoms with E-state index in [1.54, 1.807) is 0 Å². The van der Waals surface area contributed by atoms with Crippen LogP contribution in [0.15, 0.2) is 48.5 Å². The Hall–Kier alpha value is -1.16. The van der Waals surface area contributed by atoms with E-state index in [1.165, 1.54) is 0 Å². The Morgan fingerprint density at radius 2 is 1.21 bits per heavy atom. The van der Waals surface area contributed by atoms with Gasteiger partial charge in [-0.2, -0.15) is 0 Å². The van der Waals surface area contributed by atoms with E-state index in [1.807, 2.05) is 48.5 Å². The van der Waals surface area contributed by atoms with Crippen molar-refractivity contribution in [2.45, 2.75) is 25.7 Å². The van der Waals surface area contributed by atoms with Gasteiger partial charge < -0.3 is 10.6 Å². The quantitative estimate of drug-likeness (QED) is 0.465. The van der Waals surface area contributed by atoms with Crippen molar-refractivity contribution in [3.05, 3.63) is 66.8 Å². The second-order valence-corrected chi connectivity index (χ2v) is 9.60. The summed E-state index contributed by atoms with van der Waals surface area (Å²) >= 11 is 4.39. The highest BCUT2D eigenvalue weighted by Gasteiger charge is 2.23. The fourth-order valence-corrected chi connectivity index (χ4v) is 4.99. The van der Waals surface area contributed by atoms with Crippen LogP contribution in [0.2, 0.25) is 0 Å². The fraction of sp³-hybridized carbons (Fsp3) is 0.364. The summed E-state index contributed by atoms with van der Waals surface area (Å²) in [5, 5.41) is 6.19. The summed E-state index contributed by atoms with van der Waals surface area (Å²) in [5.41, 5.74) is 1.47. The Bertz CT molecular complexity index is 773. The van der Waals surface area contributed by atoms with Gasteiger partial charge in [0, 0.05) is 20.2 Å². The molecule has 2 aromatic rings. The van der Waals surface area contributed by atoms with Crippen LogP contribution < -0.4 is 10.6 Å². The van der Waals surface area contributed by atoms with Crippen molar-refractivity contribution >= 4 is 57.0 Å². The maximum Gasteiger partial charge on any atom is 0.252 e. The Morgan fingerprint density at radius 3 is 1.64 bits per heavy atom. The summed E-state index contributed by atoms with van der Waals surface area (Å²) in [4.78, 5) is 24.8. The molecular weight excluding hydrogens is 578 g/mol. The number of hydrogen-bond donors (Lipinski definition) is 2. The first-order valence-corrected chi connectivity index (χ1v) is 11.8. The second-order valence-electron chi connectivity index (χ2n) is 7.28. The van der Waals surface area contributed by atoms with Crippen molar-refractivity contribution in [3.8, 4) is 0 Å². The van der Waals surface area contributed by atoms with Gasteiger partial charge in [-0.3, -0.25) is 9.59 Å². The van der Waals surface area contributed by atoms with Gasteiger partial charge >= 0.3 is 0 Å². The molecule has 0 heterocycles. The highest BCUT2D eigenvalue weighted by atomic mass is 127. The number of carbonyl (C=O) groups excluding carboxylic acids is 2. The number of benzene rings is 2. The van der Waals surface area contributed by atoms with Crippen molar-refractivity contribution < 1.29 is 9.59 Å². The molecule has 0 bridgehead atoms. The van der Waals surface area contributed by atoms with E-state index in [0.29, 0.717) is 24.9 Å². The number of halogens is 2. The zero-order chi connectivity index (χ0) is 19.9. The summed E-state index contributed by atoms with van der Waals surface area (Å²) in [5.74, 6) is 0.939. The molecule has 28 heavy (non-hydrogen) atoms. The molecule has 0 saturated heterocycles. The lowest BCUT2D eigenvalue weighted by molar-refractivity contribution is 0.0934. The zero-order valence-corrected chi connectivity index (χ0v) is 19.9. The first-order valence-electron chi connectivity index (χ1n) is 9.60. The third kappa shape index (κ3) is 5.92. The number of rotatable bonds is 6. The molecule has 2 aromatic carbocycles. The van der Waals surface area contributed by atoms with E-state index in [4.69, 9.17) is 0 Å². The van der Waals surface area contributed by atoms with E-state index in [-0.39, 0.29) is 11.8 Å². The molecular formula is C22H24I2N2O2. The van der Waals surface area contributed by atoms with Crippen molar-refractivity contribution in [1.29, 1.82) is 0 Å². The summed E-state index contributed by atoms with van der Waals surface area (Å²) < 4.78 is 1.94. The zero-order valence-electron chi connectivity index (χ0n) is 15.6. The molecule has 2 atom stereocenters. The van der Waals surface area contributed by atoms with Crippen LogP contribution in [-0.2, 0) is 0 Å². The molecule has 1 aliphatic rings. The smallest absolute Gasteiger partial charge is 0.252 e. The van der Waals surface area contributed by atoms with Crippen LogP contribution in [0.3, 0.4) is 0 Å². The van der Waals surface area contributed by atoms with E-state index in [0.717, 1.165) is 44.0 Å². The third-order valence-corrected chi connectivity index (χ3v) is 7.11. The van der Waals surface area contributed by atoms with Crippen LogP contribution >= 0.6 is 45.2 Å². The Kier molecular flexibility index (Phi) is 8.13. The van der Waals surface area contributed by atoms with Gasteiger partial charge in [-0.1, -0.05) is 30.7 Å². The van der Waals surface area contributed by atoms with Crippen LogP contribution in [0.25, 0.3) is 0 Å². The lowest BCUT2D eigenvalue weighted by Crippen LogP contribution is -2.36. The first kappa shape index (κ1) is 21.5. The highest BCUT2D eigenvalue weighted by Crippen LogP contribution is 2.28. The SMILES string of the molecule is O=C(NC[C@H]1CCC[C@@H](CNC(=O)c2ccccc2I)C1)c1ccccc1I. The molecule has 2 amide bonds. The van der Waals surface area contributed by atoms with Gasteiger partial charge in [0.25, 0.3) is 11.8 Å². The van der Waals surface area contributed by atoms with Gasteiger partial charge in [0.05, 0.1) is 11.1 Å². The number of hydrogen-bond acceptors (Lipinski definition) is 2. The largest absolute Gasteiger partial charge is 0.352 e. The minimum atomic E-state index is -0.000853. The van der Waals surface area contributed by atoms with E-state index < -0.39 is 0 Å². The average molecular weight is 602 g/mol. The van der Waals surface area contributed by atoms with Crippen molar-refractivity contribution in [1.82, 2.24) is 10.6 Å². The molecule has 4 nitrogen and oxygen atoms in total. The number of amides is 2. The van der Waals surface area contributed by atoms with Crippen LogP contribution in [0.4, 0.5) is 0 Å². The Morgan fingerprint density at radius 1 is 0.786 bits per heavy atom. The predicted octanol–water partition coefficient (Wildman–Crippen LogP) is 4.86. The molecule has 0 aliphatic heterocycles. The van der Waals surface area contributed by atoms with Gasteiger partial charge in [0.2, 0.25) is 0 Å². The minimum absolute atomic E-state index is 0.000853. The van der Waals surface area contributed by atoms with Crippen LogP contribution in [0.1, 0.15) is 46.4 Å². The maximum atomic E-state index is 12.4. The molecule has 0 spiro atoms. The second kappa shape index (κ2) is 10.6. The van der Waals surface area contributed by atoms with Crippen molar-refractivity contribution in [2.24, 2.45) is 11.8 Å². The van der Waals surface area contributed by atoms with Crippen LogP contribution in [-0.4, -0.2) is 24.9 Å². The molecule has 1 saturated carbocycles. The lowest BCUT2D eigenvalue weighted by atomic mass is 9.81.